The molecule has 1 atom stereocenters. The lowest BCUT2D eigenvalue weighted by molar-refractivity contribution is 0.220. The van der Waals surface area contributed by atoms with Crippen LogP contribution in [0.15, 0.2) is 60.7 Å². The molecule has 122 valence electrons. The van der Waals surface area contributed by atoms with E-state index in [0.29, 0.717) is 17.0 Å². The van der Waals surface area contributed by atoms with E-state index in [1.165, 1.54) is 11.1 Å². The first-order valence-electron chi connectivity index (χ1n) is 6.65. The zero-order chi connectivity index (χ0) is 17.1. The van der Waals surface area contributed by atoms with Crippen LogP contribution in [0.25, 0.3) is 0 Å². The van der Waals surface area contributed by atoms with E-state index in [1.54, 1.807) is 0 Å². The van der Waals surface area contributed by atoms with Crippen molar-refractivity contribution in [2.24, 2.45) is 0 Å². The minimum Gasteiger partial charge on any atom is -0.478 e. The third-order valence-corrected chi connectivity index (χ3v) is 4.48. The van der Waals surface area contributed by atoms with Gasteiger partial charge in [-0.2, -0.15) is 0 Å². The normalized spacial score (nSPS) is 10.3. The van der Waals surface area contributed by atoms with Gasteiger partial charge < -0.3 is 10.2 Å². The van der Waals surface area contributed by atoms with Gasteiger partial charge in [-0.3, -0.25) is 0 Å². The molecular weight excluding hydrogens is 351 g/mol. The highest BCUT2D eigenvalue weighted by atomic mass is 33.1. The lowest BCUT2D eigenvalue weighted by Crippen LogP contribution is -2.04. The number of hydrogen-bond acceptors (Lipinski definition) is 4. The maximum Gasteiger partial charge on any atom is 0.375 e. The highest BCUT2D eigenvalue weighted by molar-refractivity contribution is 8.74. The molecule has 0 heterocycles. The Morgan fingerprint density at radius 2 is 1.35 bits per heavy atom. The van der Waals surface area contributed by atoms with Crippen LogP contribution in [0, 0.1) is 0 Å². The maximum absolute atomic E-state index is 10.8. The molecule has 23 heavy (non-hydrogen) atoms. The van der Waals surface area contributed by atoms with Crippen LogP contribution in [0.4, 0.5) is 9.59 Å². The average Bonchev–Trinajstić information content (AvgIpc) is 2.57. The zero-order valence-corrected chi connectivity index (χ0v) is 14.8. The van der Waals surface area contributed by atoms with Gasteiger partial charge in [0.1, 0.15) is 0 Å². The number of rotatable bonds is 5. The number of benzene rings is 2. The fourth-order valence-corrected chi connectivity index (χ4v) is 2.84. The molecule has 0 spiro atoms. The van der Waals surface area contributed by atoms with Gasteiger partial charge in [-0.1, -0.05) is 72.3 Å². The quantitative estimate of drug-likeness (QED) is 0.373. The van der Waals surface area contributed by atoms with Crippen molar-refractivity contribution in [3.8, 4) is 0 Å². The summed E-state index contributed by atoms with van der Waals surface area (Å²) in [5.41, 5.74) is 1.64. The second-order valence-corrected chi connectivity index (χ2v) is 6.69. The molecule has 0 bridgehead atoms. The maximum atomic E-state index is 10.8. The van der Waals surface area contributed by atoms with E-state index in [9.17, 15) is 9.59 Å². The van der Waals surface area contributed by atoms with E-state index in [0.717, 1.165) is 0 Å². The van der Waals surface area contributed by atoms with Crippen LogP contribution >= 0.6 is 31.0 Å². The molecule has 4 nitrogen and oxygen atoms in total. The molecule has 0 fully saturated rings. The third kappa shape index (κ3) is 8.07. The predicted molar refractivity (Wildman–Crippen MR) is 101 cm³/mol. The fourth-order valence-electron chi connectivity index (χ4n) is 1.99. The lowest BCUT2D eigenvalue weighted by Gasteiger charge is -2.16. The molecule has 0 saturated carbocycles. The van der Waals surface area contributed by atoms with Gasteiger partial charge >= 0.3 is 11.0 Å². The van der Waals surface area contributed by atoms with E-state index in [4.69, 9.17) is 10.2 Å². The van der Waals surface area contributed by atoms with Gasteiger partial charge in [-0.05, 0) is 25.9 Å². The Morgan fingerprint density at radius 1 is 0.957 bits per heavy atom. The van der Waals surface area contributed by atoms with E-state index in [2.05, 4.69) is 35.9 Å². The summed E-state index contributed by atoms with van der Waals surface area (Å²) >= 11 is 3.33. The molecule has 0 amide bonds. The van der Waals surface area contributed by atoms with Crippen LogP contribution in [0.3, 0.4) is 0 Å². The molecule has 2 rings (SSSR count). The molecule has 1 unspecified atom stereocenters. The van der Waals surface area contributed by atoms with Crippen molar-refractivity contribution in [3.63, 3.8) is 0 Å². The summed E-state index contributed by atoms with van der Waals surface area (Å²) in [6, 6.07) is 20.2. The zero-order valence-electron chi connectivity index (χ0n) is 12.1. The smallest absolute Gasteiger partial charge is 0.375 e. The summed E-state index contributed by atoms with van der Waals surface area (Å²) in [5.74, 6) is 0.168. The van der Waals surface area contributed by atoms with Gasteiger partial charge in [0.2, 0.25) is 0 Å². The van der Waals surface area contributed by atoms with Crippen LogP contribution in [-0.2, 0) is 0 Å². The first-order valence-corrected chi connectivity index (χ1v) is 9.73. The van der Waals surface area contributed by atoms with Crippen molar-refractivity contribution in [2.75, 3.05) is 6.16 Å². The number of thiol groups is 1. The monoisotopic (exact) mass is 368 g/mol. The highest BCUT2D eigenvalue weighted by Crippen LogP contribution is 2.30. The van der Waals surface area contributed by atoms with Gasteiger partial charge in [0, 0.05) is 16.7 Å². The minimum atomic E-state index is -0.965. The Balaban J connectivity index is 0.000000463. The molecule has 0 aliphatic carbocycles. The Morgan fingerprint density at radius 3 is 1.65 bits per heavy atom. The van der Waals surface area contributed by atoms with Crippen LogP contribution in [0.5, 0.6) is 0 Å². The van der Waals surface area contributed by atoms with Gasteiger partial charge in [-0.25, -0.2) is 9.59 Å². The molecule has 0 radical (unpaired) electrons. The van der Waals surface area contributed by atoms with E-state index >= 15 is 0 Å². The molecule has 2 aromatic rings. The summed E-state index contributed by atoms with van der Waals surface area (Å²) in [5, 5.41) is 15.5. The lowest BCUT2D eigenvalue weighted by atomic mass is 9.93. The van der Waals surface area contributed by atoms with Crippen molar-refractivity contribution >= 4 is 42.0 Å². The minimum absolute atomic E-state index is 0.0633. The Bertz CT molecular complexity index is 568. The van der Waals surface area contributed by atoms with Gasteiger partial charge in [-0.15, -0.1) is 0 Å². The summed E-state index contributed by atoms with van der Waals surface area (Å²) in [7, 11) is 0.427. The number of hydrogen-bond donors (Lipinski definition) is 3. The van der Waals surface area contributed by atoms with Crippen LogP contribution in [-0.4, -0.2) is 27.4 Å². The van der Waals surface area contributed by atoms with Gasteiger partial charge in [0.25, 0.3) is 0 Å². The van der Waals surface area contributed by atoms with Crippen LogP contribution in [0.2, 0.25) is 0 Å². The predicted octanol–water partition coefficient (Wildman–Crippen LogP) is 5.42. The Labute approximate surface area is 145 Å². The highest BCUT2D eigenvalue weighted by Gasteiger charge is 2.14. The fraction of sp³-hybridized carbons (Fsp3) is 0.125. The standard InChI is InChI=1S/C15H15O2P.CH2O2S2/c16-15(17)18-11-14(12-7-3-1-4-8-12)13-9-5-2-6-10-13;2-1(3)5-4/h1-10,14,18H,11H2,(H,16,17);4H,(H,2,3). The summed E-state index contributed by atoms with van der Waals surface area (Å²) in [6.45, 7) is 0. The first-order chi connectivity index (χ1) is 11.0. The molecule has 2 N–H and O–H groups in total. The molecule has 0 aliphatic rings. The van der Waals surface area contributed by atoms with E-state index in [-0.39, 0.29) is 14.5 Å². The topological polar surface area (TPSA) is 74.6 Å². The van der Waals surface area contributed by atoms with Crippen molar-refractivity contribution in [2.45, 2.75) is 5.92 Å². The largest absolute Gasteiger partial charge is 0.478 e. The summed E-state index contributed by atoms with van der Waals surface area (Å²) in [6.07, 6.45) is 0.656. The Hall–Kier alpha value is -1.49. The molecule has 0 aliphatic heterocycles. The van der Waals surface area contributed by atoms with E-state index in [1.807, 2.05) is 36.4 Å². The second-order valence-electron chi connectivity index (χ2n) is 4.42. The molecule has 7 heteroatoms. The van der Waals surface area contributed by atoms with E-state index < -0.39 is 11.0 Å². The van der Waals surface area contributed by atoms with Gasteiger partial charge in [0.15, 0.2) is 0 Å². The molecular formula is C16H17O4PS2. The second kappa shape index (κ2) is 11.1. The van der Waals surface area contributed by atoms with Crippen molar-refractivity contribution in [1.29, 1.82) is 0 Å². The van der Waals surface area contributed by atoms with Crippen molar-refractivity contribution in [3.05, 3.63) is 71.8 Å². The third-order valence-electron chi connectivity index (χ3n) is 2.94. The first kappa shape index (κ1) is 19.6. The molecule has 0 aromatic heterocycles. The summed E-state index contributed by atoms with van der Waals surface area (Å²) < 4.78 is 0. The molecule has 2 aromatic carbocycles. The number of carboxylic acid groups (broad SMARTS) is 2. The van der Waals surface area contributed by atoms with Crippen molar-refractivity contribution < 1.29 is 19.8 Å². The average molecular weight is 368 g/mol. The Kier molecular flexibility index (Phi) is 9.45. The summed E-state index contributed by atoms with van der Waals surface area (Å²) in [4.78, 5) is 20.0. The SMILES string of the molecule is O=C(O)PCC(c1ccccc1)c1ccccc1.O=C(O)SS. The van der Waals surface area contributed by atoms with Crippen LogP contribution < -0.4 is 0 Å². The van der Waals surface area contributed by atoms with Gasteiger partial charge in [0.05, 0.1) is 0 Å². The number of carbonyl (C=O) groups is 2. The molecule has 0 saturated heterocycles. The van der Waals surface area contributed by atoms with Crippen LogP contribution in [0.1, 0.15) is 17.0 Å². The van der Waals surface area contributed by atoms with Crippen molar-refractivity contribution in [1.82, 2.24) is 0 Å².